The van der Waals surface area contributed by atoms with Crippen molar-refractivity contribution in [2.75, 3.05) is 14.1 Å². The van der Waals surface area contributed by atoms with E-state index in [9.17, 15) is 9.59 Å². The van der Waals surface area contributed by atoms with Gasteiger partial charge in [0.1, 0.15) is 0 Å². The van der Waals surface area contributed by atoms with Crippen molar-refractivity contribution in [3.63, 3.8) is 0 Å². The molecule has 1 aromatic carbocycles. The number of nitrogens with two attached hydrogens (primary N) is 1. The molecule has 0 spiro atoms. The van der Waals surface area contributed by atoms with Crippen LogP contribution in [0.5, 0.6) is 0 Å². The monoisotopic (exact) mass is 342 g/mol. The van der Waals surface area contributed by atoms with E-state index in [4.69, 9.17) is 5.73 Å². The van der Waals surface area contributed by atoms with Crippen molar-refractivity contribution in [3.05, 3.63) is 39.0 Å². The highest BCUT2D eigenvalue weighted by molar-refractivity contribution is 6.00. The lowest BCUT2D eigenvalue weighted by molar-refractivity contribution is -0.138. The first-order valence-corrected chi connectivity index (χ1v) is 8.68. The number of allylic oxidation sites excluding steroid dienone is 1. The van der Waals surface area contributed by atoms with Crippen molar-refractivity contribution in [2.24, 2.45) is 11.1 Å². The minimum atomic E-state index is -1.03. The van der Waals surface area contributed by atoms with Gasteiger partial charge < -0.3 is 10.6 Å². The molecule has 1 aliphatic carbocycles. The molecular weight excluding hydrogens is 312 g/mol. The quantitative estimate of drug-likeness (QED) is 0.895. The minimum absolute atomic E-state index is 0.0832. The van der Waals surface area contributed by atoms with E-state index in [2.05, 4.69) is 20.8 Å². The zero-order valence-electron chi connectivity index (χ0n) is 16.9. The highest BCUT2D eigenvalue weighted by atomic mass is 16.2. The van der Waals surface area contributed by atoms with E-state index < -0.39 is 17.2 Å². The molecule has 1 aromatic rings. The largest absolute Gasteiger partial charge is 0.369 e. The number of carbonyl (C=O) groups excluding carboxylic acids is 2. The summed E-state index contributed by atoms with van der Waals surface area (Å²) in [5, 5.41) is 0. The summed E-state index contributed by atoms with van der Waals surface area (Å²) in [6, 6.07) is 0. The molecule has 2 atom stereocenters. The molecule has 0 fully saturated rings. The Morgan fingerprint density at radius 1 is 0.920 bits per heavy atom. The maximum atomic E-state index is 13.2. The third kappa shape index (κ3) is 2.42. The lowest BCUT2D eigenvalue weighted by Gasteiger charge is -2.44. The van der Waals surface area contributed by atoms with E-state index in [-0.39, 0.29) is 5.91 Å². The van der Waals surface area contributed by atoms with Gasteiger partial charge in [0.15, 0.2) is 0 Å². The molecule has 4 heteroatoms. The predicted octanol–water partition coefficient (Wildman–Crippen LogP) is 3.39. The Morgan fingerprint density at radius 2 is 1.40 bits per heavy atom. The Labute approximate surface area is 151 Å². The van der Waals surface area contributed by atoms with Crippen LogP contribution in [0.3, 0.4) is 0 Å². The Bertz CT molecular complexity index is 818. The number of fused-ring (bicyclic) bond motifs is 1. The normalized spacial score (nSPS) is 22.7. The van der Waals surface area contributed by atoms with Crippen molar-refractivity contribution in [3.8, 4) is 0 Å². The Kier molecular flexibility index (Phi) is 4.62. The first-order chi connectivity index (χ1) is 11.4. The minimum Gasteiger partial charge on any atom is -0.369 e. The summed E-state index contributed by atoms with van der Waals surface area (Å²) in [5.41, 5.74) is 13.5. The molecule has 136 valence electrons. The van der Waals surface area contributed by atoms with Crippen LogP contribution in [0, 0.1) is 33.1 Å². The van der Waals surface area contributed by atoms with Gasteiger partial charge in [-0.1, -0.05) is 5.57 Å². The highest BCUT2D eigenvalue weighted by Gasteiger charge is 2.51. The van der Waals surface area contributed by atoms with Crippen molar-refractivity contribution in [1.29, 1.82) is 0 Å². The summed E-state index contributed by atoms with van der Waals surface area (Å²) in [5.74, 6) is -1.14. The number of amides is 2. The number of rotatable bonds is 2. The lowest BCUT2D eigenvalue weighted by atomic mass is 9.59. The van der Waals surface area contributed by atoms with Gasteiger partial charge in [0, 0.05) is 14.1 Å². The van der Waals surface area contributed by atoms with Crippen molar-refractivity contribution in [1.82, 2.24) is 4.90 Å². The molecule has 2 N–H and O–H groups in total. The summed E-state index contributed by atoms with van der Waals surface area (Å²) in [6.45, 7) is 14.1. The fourth-order valence-corrected chi connectivity index (χ4v) is 4.22. The second kappa shape index (κ2) is 6.01. The highest BCUT2D eigenvalue weighted by Crippen LogP contribution is 2.53. The lowest BCUT2D eigenvalue weighted by Crippen LogP contribution is -2.49. The van der Waals surface area contributed by atoms with Gasteiger partial charge in [-0.25, -0.2) is 0 Å². The number of benzene rings is 1. The topological polar surface area (TPSA) is 63.4 Å². The average Bonchev–Trinajstić information content (AvgIpc) is 2.54. The molecule has 2 unspecified atom stereocenters. The van der Waals surface area contributed by atoms with Crippen LogP contribution in [0.1, 0.15) is 60.1 Å². The van der Waals surface area contributed by atoms with E-state index in [0.717, 1.165) is 27.8 Å². The molecule has 0 heterocycles. The van der Waals surface area contributed by atoms with Crippen LogP contribution in [0.4, 0.5) is 0 Å². The molecule has 4 nitrogen and oxygen atoms in total. The second-order valence-electron chi connectivity index (χ2n) is 7.77. The number of hydrogen-bond donors (Lipinski definition) is 1. The van der Waals surface area contributed by atoms with Crippen molar-refractivity contribution in [2.45, 2.75) is 54.4 Å². The molecule has 0 bridgehead atoms. The van der Waals surface area contributed by atoms with E-state index >= 15 is 0 Å². The van der Waals surface area contributed by atoms with Gasteiger partial charge in [-0.15, -0.1) is 0 Å². The summed E-state index contributed by atoms with van der Waals surface area (Å²) >= 11 is 0. The van der Waals surface area contributed by atoms with Crippen LogP contribution in [-0.2, 0) is 9.59 Å². The maximum Gasteiger partial charge on any atom is 0.231 e. The van der Waals surface area contributed by atoms with Gasteiger partial charge in [0.2, 0.25) is 11.8 Å². The number of hydrogen-bond acceptors (Lipinski definition) is 2. The van der Waals surface area contributed by atoms with Crippen molar-refractivity contribution >= 4 is 17.4 Å². The third-order valence-electron chi connectivity index (χ3n) is 6.52. The van der Waals surface area contributed by atoms with Crippen LogP contribution < -0.4 is 5.73 Å². The number of likely N-dealkylation sites (N-methyl/N-ethyl adjacent to an activating group) is 1. The summed E-state index contributed by atoms with van der Waals surface area (Å²) < 4.78 is 0. The molecule has 0 aromatic heterocycles. The third-order valence-corrected chi connectivity index (χ3v) is 6.52. The zero-order valence-corrected chi connectivity index (χ0v) is 16.9. The summed E-state index contributed by atoms with van der Waals surface area (Å²) in [6.07, 6.45) is 0. The molecular formula is C21H30N2O2. The maximum absolute atomic E-state index is 13.2. The van der Waals surface area contributed by atoms with Crippen LogP contribution in [0.15, 0.2) is 5.57 Å². The Balaban J connectivity index is 3.07. The van der Waals surface area contributed by atoms with Gasteiger partial charge in [-0.3, -0.25) is 9.59 Å². The second-order valence-corrected chi connectivity index (χ2v) is 7.77. The molecule has 0 saturated carbocycles. The number of primary amides is 1. The number of nitrogens with zero attached hydrogens (tertiary/aromatic N) is 1. The van der Waals surface area contributed by atoms with Crippen LogP contribution in [0.25, 0.3) is 5.57 Å². The number of carbonyl (C=O) groups is 2. The Hall–Kier alpha value is -2.10. The summed E-state index contributed by atoms with van der Waals surface area (Å²) in [4.78, 5) is 27.3. The average molecular weight is 342 g/mol. The van der Waals surface area contributed by atoms with Gasteiger partial charge in [0.05, 0.1) is 11.3 Å². The standard InChI is InChI=1S/C21H30N2O2/c1-10-11(2)13(4)17-16(12(10)3)14(5)15(6)21(7,20(22)25)18(17)19(24)23(8)9/h18H,1-9H3,(H2,22,25). The van der Waals surface area contributed by atoms with Crippen molar-refractivity contribution < 1.29 is 9.59 Å². The molecule has 0 saturated heterocycles. The molecule has 25 heavy (non-hydrogen) atoms. The zero-order chi connectivity index (χ0) is 19.4. The molecule has 2 rings (SSSR count). The SMILES string of the molecule is CC1=C(C)C(C)(C(N)=O)C(C(=O)N(C)C)c2c(C)c(C)c(C)c(C)c21. The van der Waals surface area contributed by atoms with E-state index in [0.29, 0.717) is 0 Å². The molecule has 1 aliphatic rings. The van der Waals surface area contributed by atoms with E-state index in [1.807, 2.05) is 27.7 Å². The Morgan fingerprint density at radius 3 is 1.84 bits per heavy atom. The summed E-state index contributed by atoms with van der Waals surface area (Å²) in [7, 11) is 3.46. The fourth-order valence-electron chi connectivity index (χ4n) is 4.22. The van der Waals surface area contributed by atoms with Crippen LogP contribution in [0.2, 0.25) is 0 Å². The van der Waals surface area contributed by atoms with Gasteiger partial charge >= 0.3 is 0 Å². The van der Waals surface area contributed by atoms with E-state index in [1.165, 1.54) is 16.7 Å². The molecule has 2 amide bonds. The van der Waals surface area contributed by atoms with Crippen LogP contribution in [-0.4, -0.2) is 30.8 Å². The van der Waals surface area contributed by atoms with Crippen LogP contribution >= 0.6 is 0 Å². The van der Waals surface area contributed by atoms with E-state index in [1.54, 1.807) is 19.0 Å². The molecule has 0 radical (unpaired) electrons. The smallest absolute Gasteiger partial charge is 0.231 e. The first-order valence-electron chi connectivity index (χ1n) is 8.68. The van der Waals surface area contributed by atoms with Gasteiger partial charge in [0.25, 0.3) is 0 Å². The fraction of sp³-hybridized carbons (Fsp3) is 0.524. The first kappa shape index (κ1) is 19.2. The molecule has 0 aliphatic heterocycles. The predicted molar refractivity (Wildman–Crippen MR) is 102 cm³/mol. The van der Waals surface area contributed by atoms with Gasteiger partial charge in [-0.05, 0) is 87.4 Å². The van der Waals surface area contributed by atoms with Gasteiger partial charge in [-0.2, -0.15) is 0 Å².